The van der Waals surface area contributed by atoms with Crippen molar-refractivity contribution in [2.75, 3.05) is 18.6 Å². The van der Waals surface area contributed by atoms with Gasteiger partial charge in [-0.25, -0.2) is 14.8 Å². The first-order chi connectivity index (χ1) is 20.2. The van der Waals surface area contributed by atoms with Crippen LogP contribution in [-0.4, -0.2) is 50.9 Å². The van der Waals surface area contributed by atoms with Crippen LogP contribution in [-0.2, 0) is 14.3 Å². The highest BCUT2D eigenvalue weighted by atomic mass is 32.1. The number of rotatable bonds is 6. The molecule has 1 amide bonds. The molecule has 42 heavy (non-hydrogen) atoms. The summed E-state index contributed by atoms with van der Waals surface area (Å²) in [5.41, 5.74) is 3.63. The number of pyridine rings is 1. The fraction of sp³-hybridized carbons (Fsp3) is 0.194. The third-order valence-electron chi connectivity index (χ3n) is 7.27. The number of aliphatic hydroxyl groups is 1. The summed E-state index contributed by atoms with van der Waals surface area (Å²) in [7, 11) is 1.29. The molecule has 1 unspecified atom stereocenters. The lowest BCUT2D eigenvalue weighted by Crippen LogP contribution is -2.29. The predicted octanol–water partition coefficient (Wildman–Crippen LogP) is 5.37. The second kappa shape index (κ2) is 10.4. The highest BCUT2D eigenvalue weighted by Gasteiger charge is 2.48. The van der Waals surface area contributed by atoms with Crippen molar-refractivity contribution >= 4 is 55.8 Å². The lowest BCUT2D eigenvalue weighted by atomic mass is 9.95. The monoisotopic (exact) mass is 582 g/mol. The van der Waals surface area contributed by atoms with Crippen LogP contribution < -0.4 is 9.64 Å². The van der Waals surface area contributed by atoms with Crippen LogP contribution in [0.15, 0.2) is 66.4 Å². The molecule has 1 N–H and O–H groups in total. The van der Waals surface area contributed by atoms with Gasteiger partial charge in [0.1, 0.15) is 17.1 Å². The lowest BCUT2D eigenvalue weighted by molar-refractivity contribution is -0.132. The number of nitrogens with zero attached hydrogens (tertiary/aromatic N) is 4. The number of methoxy groups -OCH3 is 1. The molecular formula is C31H26N4O6S. The average molecular weight is 583 g/mol. The number of fused-ring (bicyclic) bond motifs is 2. The number of amides is 1. The Bertz CT molecular complexity index is 1940. The fourth-order valence-electron chi connectivity index (χ4n) is 5.19. The molecule has 10 nitrogen and oxygen atoms in total. The van der Waals surface area contributed by atoms with Crippen molar-refractivity contribution in [1.82, 2.24) is 14.4 Å². The molecular weight excluding hydrogens is 556 g/mol. The standard InChI is InChI=1S/C31H26N4O6S/c1-5-41-20-12-13-21-22(15-20)42-31(32-21)35-25(18-8-10-19(11-9-18)30(39)40-4)23(27(37)29(35)38)26(36)24-17(3)34-14-6-7-16(2)28(34)33-24/h6-15,25,36H,5H2,1-4H3/b26-23+. The first-order valence-corrected chi connectivity index (χ1v) is 14.0. The quantitative estimate of drug-likeness (QED) is 0.123. The fourth-order valence-corrected chi connectivity index (χ4v) is 6.21. The van der Waals surface area contributed by atoms with Crippen LogP contribution in [0.1, 0.15) is 45.8 Å². The van der Waals surface area contributed by atoms with Gasteiger partial charge in [0.15, 0.2) is 10.9 Å². The second-order valence-electron chi connectivity index (χ2n) is 9.77. The van der Waals surface area contributed by atoms with Crippen molar-refractivity contribution in [3.05, 3.63) is 94.4 Å². The van der Waals surface area contributed by atoms with E-state index in [9.17, 15) is 19.5 Å². The summed E-state index contributed by atoms with van der Waals surface area (Å²) in [6.07, 6.45) is 1.82. The maximum atomic E-state index is 13.7. The van der Waals surface area contributed by atoms with Crippen LogP contribution in [0.3, 0.4) is 0 Å². The molecule has 1 fully saturated rings. The Labute approximate surface area is 244 Å². The number of Topliss-reactive ketones (excluding diaryl/α,β-unsaturated/α-hetero) is 1. The molecule has 0 spiro atoms. The molecule has 2 aromatic carbocycles. The Kier molecular flexibility index (Phi) is 6.74. The van der Waals surface area contributed by atoms with Crippen LogP contribution in [0.25, 0.3) is 21.6 Å². The number of ether oxygens (including phenoxy) is 2. The number of ketones is 1. The zero-order valence-corrected chi connectivity index (χ0v) is 24.1. The Morgan fingerprint density at radius 3 is 2.52 bits per heavy atom. The van der Waals surface area contributed by atoms with Crippen LogP contribution >= 0.6 is 11.3 Å². The van der Waals surface area contributed by atoms with E-state index in [1.54, 1.807) is 43.3 Å². The van der Waals surface area contributed by atoms with E-state index in [2.05, 4.69) is 9.97 Å². The molecule has 0 bridgehead atoms. The van der Waals surface area contributed by atoms with E-state index < -0.39 is 29.5 Å². The number of aryl methyl sites for hydroxylation is 2. The third kappa shape index (κ3) is 4.29. The number of hydrogen-bond donors (Lipinski definition) is 1. The number of aliphatic hydroxyl groups excluding tert-OH is 1. The summed E-state index contributed by atoms with van der Waals surface area (Å²) in [4.78, 5) is 50.1. The molecule has 3 aromatic heterocycles. The van der Waals surface area contributed by atoms with Crippen LogP contribution in [0.4, 0.5) is 5.13 Å². The molecule has 1 atom stereocenters. The summed E-state index contributed by atoms with van der Waals surface area (Å²) < 4.78 is 13.0. The van der Waals surface area contributed by atoms with Gasteiger partial charge in [0, 0.05) is 6.20 Å². The molecule has 0 radical (unpaired) electrons. The smallest absolute Gasteiger partial charge is 0.337 e. The summed E-state index contributed by atoms with van der Waals surface area (Å²) in [5.74, 6) is -1.95. The first-order valence-electron chi connectivity index (χ1n) is 13.2. The minimum Gasteiger partial charge on any atom is -0.505 e. The maximum absolute atomic E-state index is 13.7. The molecule has 1 saturated heterocycles. The second-order valence-corrected chi connectivity index (χ2v) is 10.8. The maximum Gasteiger partial charge on any atom is 0.337 e. The first kappa shape index (κ1) is 27.2. The number of imidazole rings is 1. The molecule has 212 valence electrons. The van der Waals surface area contributed by atoms with Gasteiger partial charge in [-0.3, -0.25) is 14.5 Å². The lowest BCUT2D eigenvalue weighted by Gasteiger charge is -2.23. The molecule has 4 heterocycles. The number of anilines is 1. The molecule has 6 rings (SSSR count). The van der Waals surface area contributed by atoms with Gasteiger partial charge in [0.05, 0.1) is 46.8 Å². The molecule has 11 heteroatoms. The van der Waals surface area contributed by atoms with Crippen LogP contribution in [0.2, 0.25) is 0 Å². The largest absolute Gasteiger partial charge is 0.505 e. The van der Waals surface area contributed by atoms with Gasteiger partial charge in [-0.05, 0) is 68.3 Å². The number of hydrogen-bond acceptors (Lipinski definition) is 9. The van der Waals surface area contributed by atoms with Crippen LogP contribution in [0.5, 0.6) is 5.75 Å². The number of carbonyl (C=O) groups is 3. The van der Waals surface area contributed by atoms with E-state index in [4.69, 9.17) is 9.47 Å². The zero-order valence-electron chi connectivity index (χ0n) is 23.2. The molecule has 1 aliphatic heterocycles. The SMILES string of the molecule is CCOc1ccc2nc(N3C(=O)C(=O)/C(=C(/O)c4nc5c(C)cccn5c4C)C3c3ccc(C(=O)OC)cc3)sc2c1. The van der Waals surface area contributed by atoms with E-state index >= 15 is 0 Å². The van der Waals surface area contributed by atoms with Crippen molar-refractivity contribution in [3.8, 4) is 5.75 Å². The van der Waals surface area contributed by atoms with Crippen molar-refractivity contribution in [2.24, 2.45) is 0 Å². The summed E-state index contributed by atoms with van der Waals surface area (Å²) in [6.45, 7) is 6.07. The van der Waals surface area contributed by atoms with Crippen molar-refractivity contribution < 1.29 is 29.0 Å². The molecule has 0 saturated carbocycles. The topological polar surface area (TPSA) is 123 Å². The van der Waals surface area contributed by atoms with Gasteiger partial charge < -0.3 is 19.0 Å². The van der Waals surface area contributed by atoms with Crippen molar-refractivity contribution in [2.45, 2.75) is 26.8 Å². The molecule has 5 aromatic rings. The van der Waals surface area contributed by atoms with Gasteiger partial charge in [0.25, 0.3) is 5.78 Å². The van der Waals surface area contributed by atoms with E-state index in [-0.39, 0.29) is 16.4 Å². The Hall–Kier alpha value is -5.03. The molecule has 0 aliphatic carbocycles. The molecule has 1 aliphatic rings. The van der Waals surface area contributed by atoms with E-state index in [1.165, 1.54) is 23.3 Å². The normalized spacial score (nSPS) is 16.5. The number of esters is 1. The van der Waals surface area contributed by atoms with Crippen LogP contribution in [0, 0.1) is 13.8 Å². The third-order valence-corrected chi connectivity index (χ3v) is 8.28. The van der Waals surface area contributed by atoms with E-state index in [0.29, 0.717) is 40.3 Å². The Morgan fingerprint density at radius 1 is 1.07 bits per heavy atom. The predicted molar refractivity (Wildman–Crippen MR) is 158 cm³/mol. The van der Waals surface area contributed by atoms with Gasteiger partial charge >= 0.3 is 11.9 Å². The Morgan fingerprint density at radius 2 is 1.83 bits per heavy atom. The van der Waals surface area contributed by atoms with Gasteiger partial charge in [0.2, 0.25) is 0 Å². The number of thiazole rings is 1. The van der Waals surface area contributed by atoms with Crippen molar-refractivity contribution in [3.63, 3.8) is 0 Å². The minimum absolute atomic E-state index is 0.121. The number of benzene rings is 2. The van der Waals surface area contributed by atoms with E-state index in [0.717, 1.165) is 10.3 Å². The highest BCUT2D eigenvalue weighted by molar-refractivity contribution is 7.22. The number of aromatic nitrogens is 3. The average Bonchev–Trinajstić information content (AvgIpc) is 3.64. The number of carbonyl (C=O) groups excluding carboxylic acids is 3. The minimum atomic E-state index is -1.03. The highest BCUT2D eigenvalue weighted by Crippen LogP contribution is 2.45. The van der Waals surface area contributed by atoms with E-state index in [1.807, 2.05) is 42.6 Å². The van der Waals surface area contributed by atoms with Gasteiger partial charge in [-0.2, -0.15) is 0 Å². The van der Waals surface area contributed by atoms with Gasteiger partial charge in [-0.1, -0.05) is 29.5 Å². The zero-order chi connectivity index (χ0) is 29.7. The Balaban J connectivity index is 1.56. The summed E-state index contributed by atoms with van der Waals surface area (Å²) in [5, 5.41) is 12.0. The summed E-state index contributed by atoms with van der Waals surface area (Å²) in [6, 6.07) is 14.5. The summed E-state index contributed by atoms with van der Waals surface area (Å²) >= 11 is 1.23. The van der Waals surface area contributed by atoms with Gasteiger partial charge in [-0.15, -0.1) is 0 Å². The van der Waals surface area contributed by atoms with Crippen molar-refractivity contribution in [1.29, 1.82) is 0 Å².